The molecule has 1 aromatic rings. The molecule has 0 amide bonds. The number of hydrogen-bond donors (Lipinski definition) is 1. The largest absolute Gasteiger partial charge is 0.381 e. The molecule has 4 bridgehead atoms. The Bertz CT molecular complexity index is 521. The van der Waals surface area contributed by atoms with Gasteiger partial charge < -0.3 is 5.32 Å². The van der Waals surface area contributed by atoms with E-state index in [9.17, 15) is 0 Å². The molecule has 4 fully saturated rings. The van der Waals surface area contributed by atoms with Gasteiger partial charge in [0.25, 0.3) is 0 Å². The number of hydrogen-bond acceptors (Lipinski definition) is 1. The van der Waals surface area contributed by atoms with Crippen molar-refractivity contribution in [2.24, 2.45) is 23.2 Å². The van der Waals surface area contributed by atoms with Gasteiger partial charge in [-0.05, 0) is 86.8 Å². The Balaban J connectivity index is 1.56. The lowest BCUT2D eigenvalue weighted by atomic mass is 9.48. The summed E-state index contributed by atoms with van der Waals surface area (Å²) in [4.78, 5) is 0. The van der Waals surface area contributed by atoms with Gasteiger partial charge >= 0.3 is 0 Å². The van der Waals surface area contributed by atoms with Crippen molar-refractivity contribution in [1.82, 2.24) is 0 Å². The van der Waals surface area contributed by atoms with Gasteiger partial charge in [0.05, 0.1) is 10.7 Å². The molecule has 114 valence electrons. The Morgan fingerprint density at radius 1 is 1.14 bits per heavy atom. The Labute approximate surface area is 141 Å². The van der Waals surface area contributed by atoms with Crippen molar-refractivity contribution >= 4 is 33.2 Å². The number of rotatable bonds is 3. The van der Waals surface area contributed by atoms with Crippen LogP contribution >= 0.6 is 27.5 Å². The van der Waals surface area contributed by atoms with Crippen molar-refractivity contribution in [1.29, 1.82) is 0 Å². The third-order valence-electron chi connectivity index (χ3n) is 6.31. The van der Waals surface area contributed by atoms with Crippen LogP contribution in [-0.4, -0.2) is 6.04 Å². The van der Waals surface area contributed by atoms with Gasteiger partial charge in [0, 0.05) is 10.5 Å². The van der Waals surface area contributed by atoms with Crippen molar-refractivity contribution in [3.8, 4) is 0 Å². The van der Waals surface area contributed by atoms with Crippen LogP contribution in [0.4, 0.5) is 5.69 Å². The third-order valence-corrected chi connectivity index (χ3v) is 7.11. The molecule has 0 aliphatic heterocycles. The number of halogens is 2. The lowest BCUT2D eigenvalue weighted by molar-refractivity contribution is -0.0602. The van der Waals surface area contributed by atoms with E-state index in [2.05, 4.69) is 40.3 Å². The number of nitrogens with one attached hydrogen (secondary N) is 1. The van der Waals surface area contributed by atoms with Crippen molar-refractivity contribution in [2.75, 3.05) is 5.32 Å². The molecule has 21 heavy (non-hydrogen) atoms. The average Bonchev–Trinajstić information content (AvgIpc) is 2.40. The van der Waals surface area contributed by atoms with Gasteiger partial charge in [-0.3, -0.25) is 0 Å². The summed E-state index contributed by atoms with van der Waals surface area (Å²) in [5.41, 5.74) is 1.61. The van der Waals surface area contributed by atoms with Gasteiger partial charge in [-0.1, -0.05) is 27.5 Å². The molecule has 0 saturated heterocycles. The van der Waals surface area contributed by atoms with Crippen LogP contribution in [-0.2, 0) is 0 Å². The number of anilines is 1. The van der Waals surface area contributed by atoms with Gasteiger partial charge in [-0.2, -0.15) is 0 Å². The van der Waals surface area contributed by atoms with E-state index < -0.39 is 0 Å². The van der Waals surface area contributed by atoms with E-state index in [1.54, 1.807) is 0 Å². The molecule has 0 aromatic heterocycles. The lowest BCUT2D eigenvalue weighted by Crippen LogP contribution is -2.52. The summed E-state index contributed by atoms with van der Waals surface area (Å²) in [5, 5.41) is 4.56. The van der Waals surface area contributed by atoms with E-state index >= 15 is 0 Å². The molecule has 1 aromatic carbocycles. The summed E-state index contributed by atoms with van der Waals surface area (Å²) in [5.74, 6) is 3.00. The number of benzene rings is 1. The predicted molar refractivity (Wildman–Crippen MR) is 92.8 cm³/mol. The topological polar surface area (TPSA) is 12.0 Å². The van der Waals surface area contributed by atoms with E-state index in [0.717, 1.165) is 32.9 Å². The molecule has 0 spiro atoms. The van der Waals surface area contributed by atoms with Crippen molar-refractivity contribution in [3.05, 3.63) is 27.7 Å². The molecular formula is C18H23BrClN. The fourth-order valence-electron chi connectivity index (χ4n) is 5.70. The van der Waals surface area contributed by atoms with Crippen LogP contribution in [0.25, 0.3) is 0 Å². The zero-order valence-corrected chi connectivity index (χ0v) is 14.9. The lowest BCUT2D eigenvalue weighted by Gasteiger charge is -2.59. The normalized spacial score (nSPS) is 38.5. The second-order valence-corrected chi connectivity index (χ2v) is 9.09. The summed E-state index contributed by atoms with van der Waals surface area (Å²) in [6.07, 6.45) is 8.81. The predicted octanol–water partition coefficient (Wildman–Crippen LogP) is 6.12. The molecule has 0 radical (unpaired) electrons. The Morgan fingerprint density at radius 2 is 1.71 bits per heavy atom. The molecule has 1 nitrogen and oxygen atoms in total. The van der Waals surface area contributed by atoms with E-state index in [4.69, 9.17) is 11.6 Å². The van der Waals surface area contributed by atoms with Gasteiger partial charge in [0.15, 0.2) is 0 Å². The van der Waals surface area contributed by atoms with Gasteiger partial charge in [0.1, 0.15) is 0 Å². The van der Waals surface area contributed by atoms with Gasteiger partial charge in [0.2, 0.25) is 0 Å². The van der Waals surface area contributed by atoms with E-state index in [1.165, 1.54) is 38.5 Å². The molecule has 0 heterocycles. The van der Waals surface area contributed by atoms with E-state index in [1.807, 2.05) is 6.07 Å². The molecule has 1 unspecified atom stereocenters. The van der Waals surface area contributed by atoms with Gasteiger partial charge in [-0.15, -0.1) is 0 Å². The standard InChI is InChI=1S/C18H23BrClN/c1-11(21-17-3-2-15(19)7-16(17)20)18-8-12-4-13(9-18)6-14(5-12)10-18/h2-3,7,11-14,21H,4-6,8-10H2,1H3. The Hall–Kier alpha value is -0.210. The second kappa shape index (κ2) is 5.16. The minimum atomic E-state index is 0.518. The van der Waals surface area contributed by atoms with Crippen LogP contribution in [0, 0.1) is 23.2 Å². The van der Waals surface area contributed by atoms with Crippen molar-refractivity contribution in [2.45, 2.75) is 51.5 Å². The summed E-state index contributed by atoms with van der Waals surface area (Å²) in [7, 11) is 0. The van der Waals surface area contributed by atoms with E-state index in [0.29, 0.717) is 11.5 Å². The monoisotopic (exact) mass is 367 g/mol. The molecule has 5 rings (SSSR count). The van der Waals surface area contributed by atoms with Gasteiger partial charge in [-0.25, -0.2) is 0 Å². The van der Waals surface area contributed by atoms with Crippen molar-refractivity contribution in [3.63, 3.8) is 0 Å². The van der Waals surface area contributed by atoms with Crippen LogP contribution in [0.15, 0.2) is 22.7 Å². The maximum atomic E-state index is 6.39. The molecule has 1 N–H and O–H groups in total. The smallest absolute Gasteiger partial charge is 0.0648 e. The van der Waals surface area contributed by atoms with Crippen LogP contribution in [0.5, 0.6) is 0 Å². The summed E-state index contributed by atoms with van der Waals surface area (Å²) in [6, 6.07) is 6.67. The van der Waals surface area contributed by atoms with E-state index in [-0.39, 0.29) is 0 Å². The Kier molecular flexibility index (Phi) is 3.54. The minimum Gasteiger partial charge on any atom is -0.381 e. The van der Waals surface area contributed by atoms with Crippen LogP contribution in [0.1, 0.15) is 45.4 Å². The molecule has 4 saturated carbocycles. The van der Waals surface area contributed by atoms with Crippen LogP contribution < -0.4 is 5.32 Å². The highest BCUT2D eigenvalue weighted by Gasteiger charge is 2.53. The fraction of sp³-hybridized carbons (Fsp3) is 0.667. The van der Waals surface area contributed by atoms with Crippen LogP contribution in [0.3, 0.4) is 0 Å². The first-order valence-corrected chi connectivity index (χ1v) is 9.43. The summed E-state index contributed by atoms with van der Waals surface area (Å²) < 4.78 is 1.04. The highest BCUT2D eigenvalue weighted by Crippen LogP contribution is 2.61. The molecule has 1 atom stereocenters. The fourth-order valence-corrected chi connectivity index (χ4v) is 6.43. The van der Waals surface area contributed by atoms with Crippen molar-refractivity contribution < 1.29 is 0 Å². The maximum absolute atomic E-state index is 6.39. The third kappa shape index (κ3) is 2.53. The zero-order valence-electron chi connectivity index (χ0n) is 12.5. The molecule has 4 aliphatic rings. The SMILES string of the molecule is CC(Nc1ccc(Br)cc1Cl)C12CC3CC(CC(C3)C1)C2. The second-order valence-electron chi connectivity index (χ2n) is 7.77. The molecular weight excluding hydrogens is 346 g/mol. The quantitative estimate of drug-likeness (QED) is 0.677. The first-order chi connectivity index (χ1) is 10.0. The summed E-state index contributed by atoms with van der Waals surface area (Å²) >= 11 is 9.87. The first kappa shape index (κ1) is 14.4. The first-order valence-electron chi connectivity index (χ1n) is 8.26. The average molecular weight is 369 g/mol. The highest BCUT2D eigenvalue weighted by atomic mass is 79.9. The summed E-state index contributed by atoms with van der Waals surface area (Å²) in [6.45, 7) is 2.38. The molecule has 4 aliphatic carbocycles. The maximum Gasteiger partial charge on any atom is 0.0648 e. The minimum absolute atomic E-state index is 0.518. The molecule has 3 heteroatoms. The zero-order chi connectivity index (χ0) is 14.6. The Morgan fingerprint density at radius 3 is 2.24 bits per heavy atom. The van der Waals surface area contributed by atoms with Crippen LogP contribution in [0.2, 0.25) is 5.02 Å². The highest BCUT2D eigenvalue weighted by molar-refractivity contribution is 9.10.